The quantitative estimate of drug-likeness (QED) is 0.788. The minimum absolute atomic E-state index is 0.919. The third-order valence-corrected chi connectivity index (χ3v) is 9.91. The van der Waals surface area contributed by atoms with Gasteiger partial charge in [0.1, 0.15) is 16.1 Å². The Bertz CT molecular complexity index is 610. The second kappa shape index (κ2) is 6.14. The SMILES string of the molecule is C=C[Si](C)(C)c1ccc(-c2ccc([Si](C)(C)C=C)cn2)nc1. The van der Waals surface area contributed by atoms with Crippen molar-refractivity contribution in [2.45, 2.75) is 26.2 Å². The van der Waals surface area contributed by atoms with Crippen molar-refractivity contribution in [1.29, 1.82) is 0 Å². The predicted molar refractivity (Wildman–Crippen MR) is 102 cm³/mol. The summed E-state index contributed by atoms with van der Waals surface area (Å²) in [7, 11) is -3.08. The van der Waals surface area contributed by atoms with E-state index in [1.807, 2.05) is 12.4 Å². The first-order valence-electron chi connectivity index (χ1n) is 7.51. The Morgan fingerprint density at radius 1 is 0.727 bits per heavy atom. The molecule has 2 aromatic heterocycles. The van der Waals surface area contributed by atoms with Crippen LogP contribution < -0.4 is 10.4 Å². The number of aromatic nitrogens is 2. The molecule has 0 radical (unpaired) electrons. The Kier molecular flexibility index (Phi) is 4.63. The van der Waals surface area contributed by atoms with Crippen LogP contribution in [-0.4, -0.2) is 26.1 Å². The zero-order chi connectivity index (χ0) is 16.4. The van der Waals surface area contributed by atoms with Gasteiger partial charge in [-0.2, -0.15) is 0 Å². The molecule has 4 heteroatoms. The number of pyridine rings is 2. The molecule has 0 aromatic carbocycles. The van der Waals surface area contributed by atoms with Gasteiger partial charge in [-0.15, -0.1) is 13.2 Å². The molecule has 0 N–H and O–H groups in total. The topological polar surface area (TPSA) is 25.8 Å². The van der Waals surface area contributed by atoms with Crippen molar-refractivity contribution >= 4 is 26.5 Å². The Balaban J connectivity index is 2.30. The van der Waals surface area contributed by atoms with Crippen molar-refractivity contribution in [3.05, 3.63) is 61.2 Å². The van der Waals surface area contributed by atoms with Gasteiger partial charge in [0.25, 0.3) is 0 Å². The molecule has 0 aliphatic heterocycles. The molecule has 0 spiro atoms. The number of hydrogen-bond acceptors (Lipinski definition) is 2. The van der Waals surface area contributed by atoms with Gasteiger partial charge in [0.2, 0.25) is 0 Å². The standard InChI is InChI=1S/C18H24N2Si2/c1-7-21(3,4)15-9-11-17(19-13-15)18-12-10-16(14-20-18)22(5,6)8-2/h7-14H,1-2H2,3-6H3. The summed E-state index contributed by atoms with van der Waals surface area (Å²) in [6.45, 7) is 17.0. The van der Waals surface area contributed by atoms with Crippen molar-refractivity contribution in [1.82, 2.24) is 9.97 Å². The molecule has 0 aliphatic carbocycles. The minimum Gasteiger partial charge on any atom is -0.255 e. The normalized spacial score (nSPS) is 12.0. The number of rotatable bonds is 5. The zero-order valence-electron chi connectivity index (χ0n) is 13.9. The van der Waals surface area contributed by atoms with Gasteiger partial charge in [-0.25, -0.2) is 0 Å². The van der Waals surface area contributed by atoms with E-state index in [0.717, 1.165) is 11.4 Å². The minimum atomic E-state index is -1.54. The molecule has 0 amide bonds. The highest BCUT2D eigenvalue weighted by molar-refractivity contribution is 6.94. The molecule has 0 aliphatic rings. The maximum atomic E-state index is 4.59. The summed E-state index contributed by atoms with van der Waals surface area (Å²) in [5, 5.41) is 2.59. The van der Waals surface area contributed by atoms with Gasteiger partial charge in [-0.1, -0.05) is 49.7 Å². The number of hydrogen-bond donors (Lipinski definition) is 0. The van der Waals surface area contributed by atoms with E-state index in [1.54, 1.807) is 0 Å². The van der Waals surface area contributed by atoms with Crippen molar-refractivity contribution < 1.29 is 0 Å². The summed E-state index contributed by atoms with van der Waals surface area (Å²) in [6.07, 6.45) is 3.95. The zero-order valence-corrected chi connectivity index (χ0v) is 15.9. The molecule has 0 atom stereocenters. The van der Waals surface area contributed by atoms with Crippen LogP contribution >= 0.6 is 0 Å². The van der Waals surface area contributed by atoms with Crippen LogP contribution in [0.1, 0.15) is 0 Å². The predicted octanol–water partition coefficient (Wildman–Crippen LogP) is 3.42. The van der Waals surface area contributed by atoms with Gasteiger partial charge < -0.3 is 0 Å². The van der Waals surface area contributed by atoms with E-state index in [1.165, 1.54) is 10.4 Å². The Hall–Kier alpha value is -1.79. The van der Waals surface area contributed by atoms with Crippen LogP contribution in [-0.2, 0) is 0 Å². The largest absolute Gasteiger partial charge is 0.255 e. The summed E-state index contributed by atoms with van der Waals surface area (Å²) in [5.74, 6) is 0. The molecule has 0 unspecified atom stereocenters. The van der Waals surface area contributed by atoms with E-state index in [2.05, 4.69) is 85.0 Å². The van der Waals surface area contributed by atoms with Gasteiger partial charge in [-0.05, 0) is 22.5 Å². The fourth-order valence-corrected chi connectivity index (χ4v) is 4.38. The lowest BCUT2D eigenvalue weighted by molar-refractivity contribution is 1.26. The lowest BCUT2D eigenvalue weighted by atomic mass is 10.2. The summed E-state index contributed by atoms with van der Waals surface area (Å²) in [4.78, 5) is 9.18. The van der Waals surface area contributed by atoms with Gasteiger partial charge in [0, 0.05) is 12.4 Å². The lowest BCUT2D eigenvalue weighted by Gasteiger charge is -2.18. The Labute approximate surface area is 135 Å². The molecule has 114 valence electrons. The van der Waals surface area contributed by atoms with Crippen molar-refractivity contribution in [2.24, 2.45) is 0 Å². The molecule has 2 heterocycles. The molecule has 0 saturated heterocycles. The fourth-order valence-electron chi connectivity index (χ4n) is 2.09. The summed E-state index contributed by atoms with van der Waals surface area (Å²) in [5.41, 5.74) is 6.00. The molecule has 0 saturated carbocycles. The van der Waals surface area contributed by atoms with Gasteiger partial charge in [0.15, 0.2) is 0 Å². The van der Waals surface area contributed by atoms with Crippen LogP contribution in [0, 0.1) is 0 Å². The second-order valence-corrected chi connectivity index (χ2v) is 15.6. The maximum Gasteiger partial charge on any atom is 0.105 e. The first-order valence-corrected chi connectivity index (χ1v) is 13.7. The smallest absolute Gasteiger partial charge is 0.105 e. The molecular weight excluding hydrogens is 300 g/mol. The Morgan fingerprint density at radius 2 is 1.09 bits per heavy atom. The van der Waals surface area contributed by atoms with Crippen LogP contribution in [0.25, 0.3) is 11.4 Å². The van der Waals surface area contributed by atoms with E-state index in [4.69, 9.17) is 0 Å². The van der Waals surface area contributed by atoms with Gasteiger partial charge >= 0.3 is 0 Å². The van der Waals surface area contributed by atoms with Gasteiger partial charge in [-0.3, -0.25) is 9.97 Å². The van der Waals surface area contributed by atoms with Crippen molar-refractivity contribution in [3.63, 3.8) is 0 Å². The Morgan fingerprint density at radius 3 is 1.32 bits per heavy atom. The molecule has 2 nitrogen and oxygen atoms in total. The third-order valence-electron chi connectivity index (χ3n) is 4.30. The molecular formula is C18H24N2Si2. The van der Waals surface area contributed by atoms with Crippen LogP contribution in [0.2, 0.25) is 26.2 Å². The fraction of sp³-hybridized carbons (Fsp3) is 0.222. The van der Waals surface area contributed by atoms with Crippen LogP contribution in [0.15, 0.2) is 61.2 Å². The highest BCUT2D eigenvalue weighted by Crippen LogP contribution is 2.14. The summed E-state index contributed by atoms with van der Waals surface area (Å²) < 4.78 is 0. The van der Waals surface area contributed by atoms with Crippen molar-refractivity contribution in [2.75, 3.05) is 0 Å². The average molecular weight is 325 g/mol. The van der Waals surface area contributed by atoms with E-state index >= 15 is 0 Å². The maximum absolute atomic E-state index is 4.59. The van der Waals surface area contributed by atoms with E-state index in [9.17, 15) is 0 Å². The molecule has 0 fully saturated rings. The van der Waals surface area contributed by atoms with E-state index < -0.39 is 16.1 Å². The van der Waals surface area contributed by atoms with Crippen LogP contribution in [0.4, 0.5) is 0 Å². The average Bonchev–Trinajstić information content (AvgIpc) is 2.55. The molecule has 0 bridgehead atoms. The first-order chi connectivity index (χ1) is 10.3. The summed E-state index contributed by atoms with van der Waals surface area (Å²) in [6, 6.07) is 8.44. The second-order valence-electron chi connectivity index (χ2n) is 6.72. The lowest BCUT2D eigenvalue weighted by Crippen LogP contribution is -2.39. The highest BCUT2D eigenvalue weighted by Gasteiger charge is 2.20. The molecule has 22 heavy (non-hydrogen) atoms. The van der Waals surface area contributed by atoms with Gasteiger partial charge in [0.05, 0.1) is 11.4 Å². The highest BCUT2D eigenvalue weighted by atomic mass is 28.3. The first kappa shape index (κ1) is 16.6. The van der Waals surface area contributed by atoms with E-state index in [0.29, 0.717) is 0 Å². The monoisotopic (exact) mass is 324 g/mol. The molecule has 2 aromatic rings. The third kappa shape index (κ3) is 3.34. The van der Waals surface area contributed by atoms with Crippen LogP contribution in [0.3, 0.4) is 0 Å². The van der Waals surface area contributed by atoms with Crippen molar-refractivity contribution in [3.8, 4) is 11.4 Å². The summed E-state index contributed by atoms with van der Waals surface area (Å²) >= 11 is 0. The molecule has 2 rings (SSSR count). The number of nitrogens with zero attached hydrogens (tertiary/aromatic N) is 2. The van der Waals surface area contributed by atoms with E-state index in [-0.39, 0.29) is 0 Å². The van der Waals surface area contributed by atoms with Crippen LogP contribution in [0.5, 0.6) is 0 Å².